The lowest BCUT2D eigenvalue weighted by atomic mass is 10.1. The lowest BCUT2D eigenvalue weighted by Crippen LogP contribution is -2.09. The third-order valence-electron chi connectivity index (χ3n) is 13.3. The highest BCUT2D eigenvalue weighted by molar-refractivity contribution is 7.18. The molecular weight excluding hydrogens is 1400 g/mol. The van der Waals surface area contributed by atoms with Crippen molar-refractivity contribution >= 4 is 103 Å². The van der Waals surface area contributed by atoms with E-state index in [1.807, 2.05) is 0 Å². The zero-order valence-corrected chi connectivity index (χ0v) is 53.6. The fourth-order valence-corrected chi connectivity index (χ4v) is 12.3. The molecule has 6 aromatic carbocycles. The van der Waals surface area contributed by atoms with Crippen LogP contribution in [0.15, 0.2) is 243 Å². The number of aromatic nitrogens is 2. The third kappa shape index (κ3) is 20.3. The molecule has 0 bridgehead atoms. The summed E-state index contributed by atoms with van der Waals surface area (Å²) in [5.74, 6) is -1.25. The summed E-state index contributed by atoms with van der Waals surface area (Å²) in [6.45, 7) is 0. The lowest BCUT2D eigenvalue weighted by molar-refractivity contribution is -0.138. The summed E-state index contributed by atoms with van der Waals surface area (Å²) in [4.78, 5) is 60.6. The Morgan fingerprint density at radius 3 is 0.918 bits per heavy atom. The van der Waals surface area contributed by atoms with Gasteiger partial charge in [0.25, 0.3) is 23.6 Å². The first-order valence-electron chi connectivity index (χ1n) is 28.2. The number of thiophene rings is 4. The second-order valence-electron chi connectivity index (χ2n) is 20.3. The van der Waals surface area contributed by atoms with Crippen molar-refractivity contribution in [2.75, 3.05) is 21.3 Å². The van der Waals surface area contributed by atoms with Crippen LogP contribution >= 0.6 is 56.9 Å². The van der Waals surface area contributed by atoms with Gasteiger partial charge in [0.15, 0.2) is 0 Å². The predicted molar refractivity (Wildman–Crippen MR) is 359 cm³/mol. The van der Waals surface area contributed by atoms with E-state index in [4.69, 9.17) is 11.6 Å². The molecule has 12 rings (SSSR count). The smallest absolute Gasteiger partial charge is 0.416 e. The van der Waals surface area contributed by atoms with Gasteiger partial charge in [-0.15, -0.1) is 45.3 Å². The van der Waals surface area contributed by atoms with Crippen LogP contribution < -0.4 is 21.3 Å². The van der Waals surface area contributed by atoms with E-state index >= 15 is 0 Å². The summed E-state index contributed by atoms with van der Waals surface area (Å²) in [5, 5.41) is 20.6. The number of halogens is 13. The molecule has 0 unspecified atom stereocenters. The number of hydrogen-bond acceptors (Lipinski definition) is 11. The molecule has 500 valence electrons. The minimum absolute atomic E-state index is 0.0842. The summed E-state index contributed by atoms with van der Waals surface area (Å²) in [6, 6.07) is 52.3. The van der Waals surface area contributed by atoms with Gasteiger partial charge in [-0.3, -0.25) is 29.1 Å². The third-order valence-corrected chi connectivity index (χ3v) is 18.1. The Hall–Kier alpha value is -10.5. The van der Waals surface area contributed by atoms with E-state index in [1.54, 1.807) is 152 Å². The highest BCUT2D eigenvalue weighted by atomic mass is 35.5. The molecule has 4 amide bonds. The Morgan fingerprint density at radius 1 is 0.327 bits per heavy atom. The number of phenolic OH excluding ortho intramolecular Hbond substituents is 1. The molecule has 0 saturated carbocycles. The molecule has 0 spiro atoms. The Morgan fingerprint density at radius 2 is 0.622 bits per heavy atom. The fourth-order valence-electron chi connectivity index (χ4n) is 8.58. The zero-order chi connectivity index (χ0) is 70.4. The molecule has 5 N–H and O–H groups in total. The minimum atomic E-state index is -4.41. The van der Waals surface area contributed by atoms with Crippen LogP contribution in [0.5, 0.6) is 5.75 Å². The largest absolute Gasteiger partial charge is 0.508 e. The molecule has 0 aliphatic heterocycles. The van der Waals surface area contributed by atoms with Crippen LogP contribution in [0.25, 0.3) is 41.8 Å². The molecule has 0 saturated heterocycles. The zero-order valence-electron chi connectivity index (χ0n) is 49.6. The Kier molecular flexibility index (Phi) is 23.2. The van der Waals surface area contributed by atoms with E-state index in [0.29, 0.717) is 89.0 Å². The molecule has 6 aromatic heterocycles. The SMILES string of the molecule is O=C(Nc1ccc(Cl)cc1)c1ccc(-c2cccc(C(F)(F)F)c2)s1.O=C(Nc1ccc(O)cc1)c1ccc(-c2cccc(C(F)(F)F)c2)s1.O=C(Nc1cccnc1)c1ccc(-c2cccc(C(F)(F)F)c2)s1.O=C(Nc1ccncc1)c1ccc(-c2cccc(C(F)(F)F)c2)s1. The molecule has 11 nitrogen and oxygen atoms in total. The van der Waals surface area contributed by atoms with Gasteiger partial charge < -0.3 is 26.4 Å². The van der Waals surface area contributed by atoms with E-state index in [2.05, 4.69) is 31.2 Å². The van der Waals surface area contributed by atoms with Crippen LogP contribution in [0.4, 0.5) is 75.4 Å². The number of aromatic hydroxyl groups is 1. The maximum absolute atomic E-state index is 12.8. The molecular formula is C70H45ClF12N6O5S4. The van der Waals surface area contributed by atoms with Gasteiger partial charge in [0, 0.05) is 60.2 Å². The summed E-state index contributed by atoms with van der Waals surface area (Å²) in [7, 11) is 0. The highest BCUT2D eigenvalue weighted by Crippen LogP contribution is 2.40. The van der Waals surface area contributed by atoms with E-state index in [9.17, 15) is 77.0 Å². The van der Waals surface area contributed by atoms with Gasteiger partial charge in [0.2, 0.25) is 0 Å². The number of alkyl halides is 12. The number of amides is 4. The van der Waals surface area contributed by atoms with E-state index < -0.39 is 47.0 Å². The van der Waals surface area contributed by atoms with Crippen LogP contribution in [0, 0.1) is 0 Å². The van der Waals surface area contributed by atoms with Crippen LogP contribution in [-0.2, 0) is 24.7 Å². The quantitative estimate of drug-likeness (QED) is 0.0601. The topological polar surface area (TPSA) is 162 Å². The van der Waals surface area contributed by atoms with Gasteiger partial charge in [-0.1, -0.05) is 60.1 Å². The van der Waals surface area contributed by atoms with Crippen molar-refractivity contribution in [2.45, 2.75) is 24.7 Å². The Bertz CT molecular complexity index is 4420. The number of carbonyl (C=O) groups excluding carboxylic acids is 4. The molecule has 0 aliphatic carbocycles. The maximum atomic E-state index is 12.8. The number of nitrogens with one attached hydrogen (secondary N) is 4. The first kappa shape index (κ1) is 71.8. The summed E-state index contributed by atoms with van der Waals surface area (Å²) >= 11 is 10.3. The molecule has 0 radical (unpaired) electrons. The minimum Gasteiger partial charge on any atom is -0.508 e. The van der Waals surface area contributed by atoms with Gasteiger partial charge in [-0.25, -0.2) is 0 Å². The number of nitrogens with zero attached hydrogens (tertiary/aromatic N) is 2. The standard InChI is InChI=1S/C18H11ClF3NOS.C18H12F3NO2S.2C17H11F3N2OS/c19-13-4-6-14(7-5-13)23-17(24)16-9-8-15(25-16)11-2-1-3-12(10-11)18(20,21)22;19-18(20,21)12-3-1-2-11(10-12)15-8-9-16(25-15)17(24)22-13-4-6-14(23)7-5-13;18-17(19,20)12-4-1-3-11(9-12)14-6-7-15(24-14)16(23)22-13-5-2-8-21-10-13;18-17(19,20)12-3-1-2-11(10-12)14-4-5-15(24-14)16(23)22-13-6-8-21-9-7-13/h1-10H,(H,23,24);1-10,23H,(H,22,24);1-10H,(H,22,23);1-10H,(H,21,22,23). The fraction of sp³-hybridized carbons (Fsp3) is 0.0571. The van der Waals surface area contributed by atoms with E-state index in [-0.39, 0.29) is 29.4 Å². The van der Waals surface area contributed by atoms with Crippen molar-refractivity contribution in [2.24, 2.45) is 0 Å². The van der Waals surface area contributed by atoms with Gasteiger partial charge in [-0.05, 0) is 192 Å². The lowest BCUT2D eigenvalue weighted by Gasteiger charge is -2.07. The Balaban J connectivity index is 0.000000153. The molecule has 98 heavy (non-hydrogen) atoms. The number of hydrogen-bond donors (Lipinski definition) is 5. The van der Waals surface area contributed by atoms with Crippen molar-refractivity contribution in [1.29, 1.82) is 0 Å². The van der Waals surface area contributed by atoms with Gasteiger partial charge in [-0.2, -0.15) is 52.7 Å². The first-order chi connectivity index (χ1) is 46.5. The number of rotatable bonds is 12. The molecule has 0 fully saturated rings. The first-order valence-corrected chi connectivity index (χ1v) is 31.9. The van der Waals surface area contributed by atoms with Crippen molar-refractivity contribution in [3.63, 3.8) is 0 Å². The van der Waals surface area contributed by atoms with Crippen LogP contribution in [0.2, 0.25) is 5.02 Å². The van der Waals surface area contributed by atoms with Crippen molar-refractivity contribution in [3.8, 4) is 47.5 Å². The van der Waals surface area contributed by atoms with Gasteiger partial charge in [0.05, 0.1) is 53.6 Å². The predicted octanol–water partition coefficient (Wildman–Crippen LogP) is 21.9. The monoisotopic (exact) mass is 1440 g/mol. The maximum Gasteiger partial charge on any atom is 0.416 e. The molecule has 0 atom stereocenters. The van der Waals surface area contributed by atoms with Crippen LogP contribution in [-0.4, -0.2) is 38.7 Å². The van der Waals surface area contributed by atoms with E-state index in [1.165, 1.54) is 42.6 Å². The van der Waals surface area contributed by atoms with E-state index in [0.717, 1.165) is 93.9 Å². The van der Waals surface area contributed by atoms with Gasteiger partial charge in [0.1, 0.15) is 5.75 Å². The number of carbonyl (C=O) groups is 4. The number of phenols is 1. The molecule has 12 aromatic rings. The highest BCUT2D eigenvalue weighted by Gasteiger charge is 2.34. The van der Waals surface area contributed by atoms with Crippen molar-refractivity contribution in [3.05, 3.63) is 290 Å². The molecule has 28 heteroatoms. The normalized spacial score (nSPS) is 11.3. The van der Waals surface area contributed by atoms with Gasteiger partial charge >= 0.3 is 24.7 Å². The second-order valence-corrected chi connectivity index (χ2v) is 25.1. The summed E-state index contributed by atoms with van der Waals surface area (Å²) in [5.41, 5.74) is 1.06. The number of pyridine rings is 2. The molecule has 0 aliphatic rings. The van der Waals surface area contributed by atoms with Crippen molar-refractivity contribution in [1.82, 2.24) is 9.97 Å². The Labute approximate surface area is 570 Å². The average Bonchev–Trinajstić information content (AvgIpc) is 1.91. The number of benzene rings is 6. The summed E-state index contributed by atoms with van der Waals surface area (Å²) < 4.78 is 154. The molecule has 6 heterocycles. The summed E-state index contributed by atoms with van der Waals surface area (Å²) in [6.07, 6.45) is -11.4. The van der Waals surface area contributed by atoms with Crippen LogP contribution in [0.3, 0.4) is 0 Å². The van der Waals surface area contributed by atoms with Crippen molar-refractivity contribution < 1.29 is 77.0 Å². The van der Waals surface area contributed by atoms with Crippen LogP contribution in [0.1, 0.15) is 60.9 Å². The second kappa shape index (κ2) is 31.6. The number of anilines is 4. The average molecular weight is 1440 g/mol.